The second-order valence-electron chi connectivity index (χ2n) is 8.67. The van der Waals surface area contributed by atoms with E-state index in [-0.39, 0.29) is 23.5 Å². The van der Waals surface area contributed by atoms with Gasteiger partial charge in [-0.3, -0.25) is 14.4 Å². The molecule has 4 rings (SSSR count). The van der Waals surface area contributed by atoms with Crippen LogP contribution in [-0.4, -0.2) is 46.6 Å². The van der Waals surface area contributed by atoms with Crippen LogP contribution in [0.1, 0.15) is 89.9 Å². The zero-order chi connectivity index (χ0) is 19.7. The van der Waals surface area contributed by atoms with E-state index in [0.29, 0.717) is 44.1 Å². The summed E-state index contributed by atoms with van der Waals surface area (Å²) < 4.78 is 0. The standard InChI is InChI=1S/C22H31N3O3/c1-14-19-17(8-5-9-18(19)26)24-20(14)22(28)25-12-10-15(11-13-25)21(27)23-16-6-3-2-4-7-16/h15-16,24H,2-13H2,1H3,(H,23,27). The van der Waals surface area contributed by atoms with Gasteiger partial charge in [0.2, 0.25) is 5.91 Å². The zero-order valence-electron chi connectivity index (χ0n) is 16.8. The smallest absolute Gasteiger partial charge is 0.270 e. The van der Waals surface area contributed by atoms with Crippen molar-refractivity contribution in [1.82, 2.24) is 15.2 Å². The molecule has 2 amide bonds. The number of Topliss-reactive ketones (excluding diaryl/α,β-unsaturated/α-hetero) is 1. The van der Waals surface area contributed by atoms with Gasteiger partial charge in [0.05, 0.1) is 0 Å². The molecular weight excluding hydrogens is 354 g/mol. The van der Waals surface area contributed by atoms with Gasteiger partial charge in [0.15, 0.2) is 5.78 Å². The number of aromatic amines is 1. The number of H-pyrrole nitrogens is 1. The zero-order valence-corrected chi connectivity index (χ0v) is 16.8. The number of nitrogens with one attached hydrogen (secondary N) is 2. The van der Waals surface area contributed by atoms with Crippen LogP contribution < -0.4 is 5.32 Å². The van der Waals surface area contributed by atoms with Crippen molar-refractivity contribution in [2.24, 2.45) is 5.92 Å². The lowest BCUT2D eigenvalue weighted by Crippen LogP contribution is -2.45. The third kappa shape index (κ3) is 3.74. The first-order valence-electron chi connectivity index (χ1n) is 10.9. The Morgan fingerprint density at radius 2 is 1.71 bits per heavy atom. The molecule has 2 fully saturated rings. The van der Waals surface area contributed by atoms with Gasteiger partial charge in [-0.2, -0.15) is 0 Å². The minimum atomic E-state index is -0.0363. The maximum absolute atomic E-state index is 13.0. The maximum atomic E-state index is 13.0. The average molecular weight is 386 g/mol. The lowest BCUT2D eigenvalue weighted by atomic mass is 9.92. The Labute approximate surface area is 166 Å². The first-order chi connectivity index (χ1) is 13.5. The predicted molar refractivity (Wildman–Crippen MR) is 106 cm³/mol. The van der Waals surface area contributed by atoms with Gasteiger partial charge in [0.25, 0.3) is 5.91 Å². The van der Waals surface area contributed by atoms with Gasteiger partial charge in [-0.15, -0.1) is 0 Å². The van der Waals surface area contributed by atoms with E-state index in [2.05, 4.69) is 10.3 Å². The van der Waals surface area contributed by atoms with E-state index in [1.165, 1.54) is 19.3 Å². The summed E-state index contributed by atoms with van der Waals surface area (Å²) in [5, 5.41) is 3.23. The van der Waals surface area contributed by atoms with E-state index in [1.54, 1.807) is 0 Å². The molecule has 1 saturated carbocycles. The number of rotatable bonds is 3. The number of carbonyl (C=O) groups excluding carboxylic acids is 3. The van der Waals surface area contributed by atoms with Gasteiger partial charge in [-0.25, -0.2) is 0 Å². The molecule has 0 atom stereocenters. The molecule has 0 radical (unpaired) electrons. The quantitative estimate of drug-likeness (QED) is 0.839. The number of ketones is 1. The molecule has 0 spiro atoms. The molecular formula is C22H31N3O3. The Bertz CT molecular complexity index is 768. The molecule has 1 aliphatic heterocycles. The maximum Gasteiger partial charge on any atom is 0.270 e. The van der Waals surface area contributed by atoms with E-state index in [0.717, 1.165) is 42.5 Å². The van der Waals surface area contributed by atoms with Gasteiger partial charge in [0, 0.05) is 42.7 Å². The molecule has 1 saturated heterocycles. The van der Waals surface area contributed by atoms with Gasteiger partial charge in [-0.1, -0.05) is 19.3 Å². The van der Waals surface area contributed by atoms with Crippen molar-refractivity contribution in [2.75, 3.05) is 13.1 Å². The molecule has 3 aliphatic rings. The van der Waals surface area contributed by atoms with Crippen molar-refractivity contribution in [3.05, 3.63) is 22.5 Å². The minimum absolute atomic E-state index is 0.00509. The first-order valence-corrected chi connectivity index (χ1v) is 10.9. The van der Waals surface area contributed by atoms with E-state index in [9.17, 15) is 14.4 Å². The van der Waals surface area contributed by atoms with E-state index < -0.39 is 0 Å². The summed E-state index contributed by atoms with van der Waals surface area (Å²) in [6.45, 7) is 3.06. The average Bonchev–Trinajstić information content (AvgIpc) is 3.06. The van der Waals surface area contributed by atoms with Crippen molar-refractivity contribution in [3.63, 3.8) is 0 Å². The highest BCUT2D eigenvalue weighted by Gasteiger charge is 2.32. The van der Waals surface area contributed by atoms with Crippen LogP contribution in [0.4, 0.5) is 0 Å². The molecule has 152 valence electrons. The predicted octanol–water partition coefficient (Wildman–Crippen LogP) is 3.14. The number of fused-ring (bicyclic) bond motifs is 1. The molecule has 28 heavy (non-hydrogen) atoms. The molecule has 6 nitrogen and oxygen atoms in total. The number of nitrogens with zero attached hydrogens (tertiary/aromatic N) is 1. The van der Waals surface area contributed by atoms with Crippen LogP contribution in [-0.2, 0) is 11.2 Å². The van der Waals surface area contributed by atoms with Crippen LogP contribution in [0.25, 0.3) is 0 Å². The Balaban J connectivity index is 1.35. The third-order valence-electron chi connectivity index (χ3n) is 6.76. The number of aromatic nitrogens is 1. The Morgan fingerprint density at radius 3 is 2.39 bits per heavy atom. The van der Waals surface area contributed by atoms with Crippen LogP contribution in [0.15, 0.2) is 0 Å². The third-order valence-corrected chi connectivity index (χ3v) is 6.76. The van der Waals surface area contributed by atoms with Gasteiger partial charge >= 0.3 is 0 Å². The molecule has 2 aliphatic carbocycles. The van der Waals surface area contributed by atoms with Crippen LogP contribution in [0, 0.1) is 12.8 Å². The second kappa shape index (κ2) is 8.10. The molecule has 0 bridgehead atoms. The number of hydrogen-bond acceptors (Lipinski definition) is 3. The number of likely N-dealkylation sites (tertiary alicyclic amines) is 1. The fourth-order valence-corrected chi connectivity index (χ4v) is 5.06. The lowest BCUT2D eigenvalue weighted by Gasteiger charge is -2.32. The summed E-state index contributed by atoms with van der Waals surface area (Å²) in [6.07, 6.45) is 9.56. The molecule has 0 unspecified atom stereocenters. The number of carbonyl (C=O) groups is 3. The Kier molecular flexibility index (Phi) is 5.56. The van der Waals surface area contributed by atoms with Crippen molar-refractivity contribution >= 4 is 17.6 Å². The monoisotopic (exact) mass is 385 g/mol. The van der Waals surface area contributed by atoms with Crippen LogP contribution in [0.5, 0.6) is 0 Å². The fraction of sp³-hybridized carbons (Fsp3) is 0.682. The van der Waals surface area contributed by atoms with Crippen molar-refractivity contribution < 1.29 is 14.4 Å². The highest BCUT2D eigenvalue weighted by Crippen LogP contribution is 2.28. The highest BCUT2D eigenvalue weighted by molar-refractivity contribution is 6.04. The van der Waals surface area contributed by atoms with Crippen molar-refractivity contribution in [2.45, 2.75) is 77.2 Å². The first kappa shape index (κ1) is 19.2. The summed E-state index contributed by atoms with van der Waals surface area (Å²) in [4.78, 5) is 42.9. The summed E-state index contributed by atoms with van der Waals surface area (Å²) >= 11 is 0. The summed E-state index contributed by atoms with van der Waals surface area (Å²) in [6, 6.07) is 0.339. The lowest BCUT2D eigenvalue weighted by molar-refractivity contribution is -0.127. The fourth-order valence-electron chi connectivity index (χ4n) is 5.06. The molecule has 1 aromatic rings. The van der Waals surface area contributed by atoms with Gasteiger partial charge < -0.3 is 15.2 Å². The van der Waals surface area contributed by atoms with Gasteiger partial charge in [-0.05, 0) is 51.0 Å². The largest absolute Gasteiger partial charge is 0.354 e. The topological polar surface area (TPSA) is 82.3 Å². The Morgan fingerprint density at radius 1 is 1.00 bits per heavy atom. The van der Waals surface area contributed by atoms with Crippen molar-refractivity contribution in [3.8, 4) is 0 Å². The summed E-state index contributed by atoms with van der Waals surface area (Å²) in [5.41, 5.74) is 3.00. The van der Waals surface area contributed by atoms with Crippen LogP contribution in [0.2, 0.25) is 0 Å². The van der Waals surface area contributed by atoms with E-state index >= 15 is 0 Å². The molecule has 6 heteroatoms. The van der Waals surface area contributed by atoms with E-state index in [1.807, 2.05) is 11.8 Å². The normalized spacial score (nSPS) is 21.5. The summed E-state index contributed by atoms with van der Waals surface area (Å²) in [5.74, 6) is 0.277. The number of hydrogen-bond donors (Lipinski definition) is 2. The molecule has 0 aromatic carbocycles. The minimum Gasteiger partial charge on any atom is -0.354 e. The highest BCUT2D eigenvalue weighted by atomic mass is 16.2. The number of amides is 2. The second-order valence-corrected chi connectivity index (χ2v) is 8.67. The van der Waals surface area contributed by atoms with E-state index in [4.69, 9.17) is 0 Å². The van der Waals surface area contributed by atoms with Crippen LogP contribution >= 0.6 is 0 Å². The van der Waals surface area contributed by atoms with Crippen LogP contribution in [0.3, 0.4) is 0 Å². The molecule has 1 aromatic heterocycles. The summed E-state index contributed by atoms with van der Waals surface area (Å²) in [7, 11) is 0. The molecule has 2 N–H and O–H groups in total. The van der Waals surface area contributed by atoms with Crippen molar-refractivity contribution in [1.29, 1.82) is 0 Å². The molecule has 2 heterocycles. The Hall–Kier alpha value is -2.11. The van der Waals surface area contributed by atoms with Gasteiger partial charge in [0.1, 0.15) is 5.69 Å². The SMILES string of the molecule is Cc1c(C(=O)N2CCC(C(=O)NC3CCCCC3)CC2)[nH]c2c1C(=O)CCC2. The number of aryl methyl sites for hydroxylation is 1. The number of piperidine rings is 1.